The largest absolute Gasteiger partial charge is 0.324 e. The van der Waals surface area contributed by atoms with Crippen LogP contribution < -0.4 is 5.73 Å². The summed E-state index contributed by atoms with van der Waals surface area (Å²) in [5.74, 6) is 1.09. The lowest BCUT2D eigenvalue weighted by molar-refractivity contribution is 0.275. The van der Waals surface area contributed by atoms with Gasteiger partial charge < -0.3 is 10.3 Å². The molecule has 1 aromatic carbocycles. The van der Waals surface area contributed by atoms with Gasteiger partial charge >= 0.3 is 0 Å². The Morgan fingerprint density at radius 3 is 2.53 bits per heavy atom. The molecule has 0 unspecified atom stereocenters. The summed E-state index contributed by atoms with van der Waals surface area (Å²) >= 11 is 0. The lowest BCUT2D eigenvalue weighted by atomic mass is 9.82. The number of rotatable bonds is 2. The van der Waals surface area contributed by atoms with Crippen molar-refractivity contribution in [2.24, 2.45) is 5.73 Å². The molecule has 3 nitrogen and oxygen atoms in total. The van der Waals surface area contributed by atoms with Crippen molar-refractivity contribution >= 4 is 11.0 Å². The van der Waals surface area contributed by atoms with Gasteiger partial charge in [-0.25, -0.2) is 4.98 Å². The van der Waals surface area contributed by atoms with Gasteiger partial charge in [0.15, 0.2) is 0 Å². The van der Waals surface area contributed by atoms with E-state index in [0.29, 0.717) is 6.04 Å². The third-order valence-electron chi connectivity index (χ3n) is 4.30. The quantitative estimate of drug-likeness (QED) is 0.890. The van der Waals surface area contributed by atoms with E-state index in [-0.39, 0.29) is 5.54 Å². The Labute approximate surface area is 114 Å². The Bertz CT molecular complexity index is 577. The predicted molar refractivity (Wildman–Crippen MR) is 79.1 cm³/mol. The molecule has 19 heavy (non-hydrogen) atoms. The van der Waals surface area contributed by atoms with Gasteiger partial charge in [0.25, 0.3) is 0 Å². The highest BCUT2D eigenvalue weighted by Gasteiger charge is 2.35. The lowest BCUT2D eigenvalue weighted by Crippen LogP contribution is -2.41. The van der Waals surface area contributed by atoms with Crippen molar-refractivity contribution in [2.75, 3.05) is 0 Å². The molecule has 0 bridgehead atoms. The van der Waals surface area contributed by atoms with Crippen molar-refractivity contribution < 1.29 is 0 Å². The molecule has 0 spiro atoms. The van der Waals surface area contributed by atoms with E-state index in [0.717, 1.165) is 24.2 Å². The Morgan fingerprint density at radius 1 is 1.16 bits per heavy atom. The standard InChI is InChI=1S/C16H23N3/c1-12(2)19-14-9-5-4-8-13(14)18-15(19)16(17)10-6-3-7-11-16/h4-5,8-9,12H,3,6-7,10-11,17H2,1-2H3. The minimum absolute atomic E-state index is 0.235. The van der Waals surface area contributed by atoms with E-state index in [2.05, 4.69) is 36.6 Å². The van der Waals surface area contributed by atoms with Gasteiger partial charge in [0.05, 0.1) is 16.6 Å². The molecule has 0 amide bonds. The minimum atomic E-state index is -0.235. The zero-order chi connectivity index (χ0) is 13.5. The molecule has 0 saturated heterocycles. The number of hydrogen-bond acceptors (Lipinski definition) is 2. The van der Waals surface area contributed by atoms with E-state index < -0.39 is 0 Å². The normalized spacial score (nSPS) is 19.2. The summed E-state index contributed by atoms with van der Waals surface area (Å²) in [5.41, 5.74) is 8.75. The molecule has 1 aromatic heterocycles. The van der Waals surface area contributed by atoms with Crippen LogP contribution in [0, 0.1) is 0 Å². The molecule has 0 radical (unpaired) electrons. The fourth-order valence-corrected chi connectivity index (χ4v) is 3.32. The smallest absolute Gasteiger partial charge is 0.130 e. The van der Waals surface area contributed by atoms with Crippen LogP contribution in [0.25, 0.3) is 11.0 Å². The number of aromatic nitrogens is 2. The topological polar surface area (TPSA) is 43.8 Å². The van der Waals surface area contributed by atoms with E-state index in [9.17, 15) is 0 Å². The average Bonchev–Trinajstić information content (AvgIpc) is 2.79. The van der Waals surface area contributed by atoms with Crippen LogP contribution in [0.5, 0.6) is 0 Å². The fourth-order valence-electron chi connectivity index (χ4n) is 3.32. The Hall–Kier alpha value is -1.35. The number of fused-ring (bicyclic) bond motifs is 1. The Morgan fingerprint density at radius 2 is 1.84 bits per heavy atom. The number of hydrogen-bond donors (Lipinski definition) is 1. The van der Waals surface area contributed by atoms with E-state index >= 15 is 0 Å². The van der Waals surface area contributed by atoms with Crippen LogP contribution in [-0.4, -0.2) is 9.55 Å². The molecule has 3 heteroatoms. The molecule has 1 fully saturated rings. The maximum atomic E-state index is 6.70. The number of imidazole rings is 1. The molecule has 0 aliphatic heterocycles. The van der Waals surface area contributed by atoms with Crippen LogP contribution in [-0.2, 0) is 5.54 Å². The van der Waals surface area contributed by atoms with Gasteiger partial charge in [0.1, 0.15) is 5.82 Å². The Balaban J connectivity index is 2.19. The van der Waals surface area contributed by atoms with Gasteiger partial charge in [-0.1, -0.05) is 31.4 Å². The lowest BCUT2D eigenvalue weighted by Gasteiger charge is -2.34. The zero-order valence-electron chi connectivity index (χ0n) is 11.9. The van der Waals surface area contributed by atoms with Gasteiger partial charge in [0.2, 0.25) is 0 Å². The minimum Gasteiger partial charge on any atom is -0.324 e. The first-order valence-electron chi connectivity index (χ1n) is 7.38. The molecule has 1 aliphatic carbocycles. The maximum absolute atomic E-state index is 6.70. The van der Waals surface area contributed by atoms with Gasteiger partial charge in [0, 0.05) is 6.04 Å². The van der Waals surface area contributed by atoms with Crippen molar-refractivity contribution in [1.29, 1.82) is 0 Å². The van der Waals surface area contributed by atoms with Crippen LogP contribution in [0.2, 0.25) is 0 Å². The Kier molecular flexibility index (Phi) is 3.09. The first-order chi connectivity index (χ1) is 9.12. The number of para-hydroxylation sites is 2. The third-order valence-corrected chi connectivity index (χ3v) is 4.30. The van der Waals surface area contributed by atoms with Crippen molar-refractivity contribution in [2.45, 2.75) is 57.5 Å². The van der Waals surface area contributed by atoms with Gasteiger partial charge in [-0.15, -0.1) is 0 Å². The molecular formula is C16H23N3. The molecule has 2 N–H and O–H groups in total. The summed E-state index contributed by atoms with van der Waals surface area (Å²) < 4.78 is 2.33. The van der Waals surface area contributed by atoms with Crippen molar-refractivity contribution in [1.82, 2.24) is 9.55 Å². The van der Waals surface area contributed by atoms with Crippen LogP contribution in [0.15, 0.2) is 24.3 Å². The van der Waals surface area contributed by atoms with Gasteiger partial charge in [-0.3, -0.25) is 0 Å². The summed E-state index contributed by atoms with van der Waals surface area (Å²) in [6, 6.07) is 8.76. The van der Waals surface area contributed by atoms with E-state index in [4.69, 9.17) is 10.7 Å². The summed E-state index contributed by atoms with van der Waals surface area (Å²) in [6.07, 6.45) is 5.86. The first kappa shape index (κ1) is 12.7. The molecule has 102 valence electrons. The molecule has 2 aromatic rings. The van der Waals surface area contributed by atoms with Crippen LogP contribution in [0.4, 0.5) is 0 Å². The number of nitrogens with zero attached hydrogens (tertiary/aromatic N) is 2. The third kappa shape index (κ3) is 2.06. The van der Waals surface area contributed by atoms with Crippen molar-refractivity contribution in [3.05, 3.63) is 30.1 Å². The highest BCUT2D eigenvalue weighted by molar-refractivity contribution is 5.76. The van der Waals surface area contributed by atoms with Crippen molar-refractivity contribution in [3.8, 4) is 0 Å². The van der Waals surface area contributed by atoms with Crippen molar-refractivity contribution in [3.63, 3.8) is 0 Å². The zero-order valence-corrected chi connectivity index (χ0v) is 11.9. The van der Waals surface area contributed by atoms with Gasteiger partial charge in [-0.05, 0) is 38.8 Å². The van der Waals surface area contributed by atoms with E-state index in [1.54, 1.807) is 0 Å². The molecule has 0 atom stereocenters. The summed E-state index contributed by atoms with van der Waals surface area (Å²) in [4.78, 5) is 4.87. The summed E-state index contributed by atoms with van der Waals surface area (Å²) in [7, 11) is 0. The van der Waals surface area contributed by atoms with E-state index in [1.807, 2.05) is 6.07 Å². The van der Waals surface area contributed by atoms with Gasteiger partial charge in [-0.2, -0.15) is 0 Å². The van der Waals surface area contributed by atoms with Crippen LogP contribution in [0.3, 0.4) is 0 Å². The highest BCUT2D eigenvalue weighted by Crippen LogP contribution is 2.37. The molecule has 1 heterocycles. The second-order valence-corrected chi connectivity index (χ2v) is 6.10. The second-order valence-electron chi connectivity index (χ2n) is 6.10. The number of nitrogens with two attached hydrogens (primary N) is 1. The second kappa shape index (κ2) is 4.64. The molecule has 1 aliphatic rings. The number of benzene rings is 1. The highest BCUT2D eigenvalue weighted by atomic mass is 15.1. The van der Waals surface area contributed by atoms with Crippen LogP contribution >= 0.6 is 0 Å². The maximum Gasteiger partial charge on any atom is 0.130 e. The summed E-state index contributed by atoms with van der Waals surface area (Å²) in [5, 5.41) is 0. The SMILES string of the molecule is CC(C)n1c(C2(N)CCCCC2)nc2ccccc21. The average molecular weight is 257 g/mol. The predicted octanol–water partition coefficient (Wildman–Crippen LogP) is 3.74. The molecule has 1 saturated carbocycles. The summed E-state index contributed by atoms with van der Waals surface area (Å²) in [6.45, 7) is 4.42. The van der Waals surface area contributed by atoms with Crippen LogP contribution in [0.1, 0.15) is 57.8 Å². The fraction of sp³-hybridized carbons (Fsp3) is 0.562. The first-order valence-corrected chi connectivity index (χ1v) is 7.38. The molecular weight excluding hydrogens is 234 g/mol. The molecule has 3 rings (SSSR count). The van der Waals surface area contributed by atoms with E-state index in [1.165, 1.54) is 24.8 Å². The monoisotopic (exact) mass is 257 g/mol.